The first-order valence-electron chi connectivity index (χ1n) is 5.56. The van der Waals surface area contributed by atoms with Crippen LogP contribution in [0, 0.1) is 0 Å². The van der Waals surface area contributed by atoms with Crippen LogP contribution in [0.1, 0.15) is 19.3 Å². The molecule has 106 valence electrons. The molecular formula is C11H16N2O6. The number of rotatable bonds is 10. The Morgan fingerprint density at radius 2 is 2.05 bits per heavy atom. The minimum absolute atomic E-state index is 0.0347. The Kier molecular flexibility index (Phi) is 9.86. The predicted octanol–water partition coefficient (Wildman–Crippen LogP) is -1.41. The van der Waals surface area contributed by atoms with Crippen LogP contribution in [0.5, 0.6) is 0 Å². The summed E-state index contributed by atoms with van der Waals surface area (Å²) in [7, 11) is 0. The number of aliphatic hydroxyl groups excluding tert-OH is 1. The maximum absolute atomic E-state index is 11.1. The zero-order valence-electron chi connectivity index (χ0n) is 10.2. The average molecular weight is 272 g/mol. The standard InChI is InChI=1S/C11H16N2O6/c14-7-1-3-9(16)12-6-5-11(18)19-13-10(17)4-2-8-15/h1,3,7-8,10,13,17H,2,4-6H2,(H,12,16)/b3-1-. The van der Waals surface area contributed by atoms with E-state index in [0.717, 1.165) is 12.2 Å². The number of nitrogens with one attached hydrogen (secondary N) is 2. The van der Waals surface area contributed by atoms with Gasteiger partial charge in [0.05, 0.1) is 6.42 Å². The third-order valence-corrected chi connectivity index (χ3v) is 1.82. The smallest absolute Gasteiger partial charge is 0.326 e. The zero-order chi connectivity index (χ0) is 14.5. The highest BCUT2D eigenvalue weighted by Gasteiger charge is 2.08. The quantitative estimate of drug-likeness (QED) is 0.193. The fourth-order valence-corrected chi connectivity index (χ4v) is 0.943. The first-order chi connectivity index (χ1) is 9.10. The Hall–Kier alpha value is -2.06. The summed E-state index contributed by atoms with van der Waals surface area (Å²) in [5.41, 5.74) is 2.06. The lowest BCUT2D eigenvalue weighted by Crippen LogP contribution is -2.33. The van der Waals surface area contributed by atoms with Gasteiger partial charge in [-0.2, -0.15) is 0 Å². The number of hydrogen-bond donors (Lipinski definition) is 3. The lowest BCUT2D eigenvalue weighted by atomic mass is 10.3. The van der Waals surface area contributed by atoms with Gasteiger partial charge in [0.1, 0.15) is 18.8 Å². The Morgan fingerprint density at radius 1 is 1.32 bits per heavy atom. The zero-order valence-corrected chi connectivity index (χ0v) is 10.2. The molecule has 1 unspecified atom stereocenters. The van der Waals surface area contributed by atoms with Crippen molar-refractivity contribution >= 4 is 24.4 Å². The molecule has 0 saturated carbocycles. The molecule has 0 spiro atoms. The van der Waals surface area contributed by atoms with Crippen LogP contribution < -0.4 is 10.8 Å². The monoisotopic (exact) mass is 272 g/mol. The Balaban J connectivity index is 3.64. The summed E-state index contributed by atoms with van der Waals surface area (Å²) in [6, 6.07) is 0. The van der Waals surface area contributed by atoms with Crippen molar-refractivity contribution in [2.75, 3.05) is 6.54 Å². The normalized spacial score (nSPS) is 11.8. The van der Waals surface area contributed by atoms with E-state index in [4.69, 9.17) is 0 Å². The van der Waals surface area contributed by atoms with Crippen LogP contribution in [0.4, 0.5) is 0 Å². The lowest BCUT2D eigenvalue weighted by molar-refractivity contribution is -0.159. The molecule has 3 N–H and O–H groups in total. The van der Waals surface area contributed by atoms with Gasteiger partial charge in [-0.25, -0.2) is 0 Å². The fourth-order valence-electron chi connectivity index (χ4n) is 0.943. The molecule has 0 saturated heterocycles. The van der Waals surface area contributed by atoms with E-state index in [1.54, 1.807) is 0 Å². The second kappa shape index (κ2) is 11.1. The van der Waals surface area contributed by atoms with E-state index < -0.39 is 18.1 Å². The van der Waals surface area contributed by atoms with E-state index in [-0.39, 0.29) is 25.8 Å². The SMILES string of the molecule is O=C/C=C\C(=O)NCCC(=O)ONC(O)CCC=O. The van der Waals surface area contributed by atoms with E-state index in [9.17, 15) is 24.3 Å². The first-order valence-corrected chi connectivity index (χ1v) is 5.56. The molecule has 0 aliphatic carbocycles. The molecule has 8 heteroatoms. The number of aldehydes is 2. The van der Waals surface area contributed by atoms with Crippen molar-refractivity contribution in [1.82, 2.24) is 10.8 Å². The van der Waals surface area contributed by atoms with Gasteiger partial charge in [-0.1, -0.05) is 0 Å². The molecule has 1 amide bonds. The molecule has 19 heavy (non-hydrogen) atoms. The molecule has 0 aromatic rings. The molecule has 0 aliphatic heterocycles. The molecule has 0 aromatic carbocycles. The van der Waals surface area contributed by atoms with E-state index in [1.165, 1.54) is 0 Å². The van der Waals surface area contributed by atoms with Crippen LogP contribution in [0.25, 0.3) is 0 Å². The number of hydrogen-bond acceptors (Lipinski definition) is 7. The molecule has 0 heterocycles. The lowest BCUT2D eigenvalue weighted by Gasteiger charge is -2.10. The van der Waals surface area contributed by atoms with Gasteiger partial charge in [-0.3, -0.25) is 14.4 Å². The van der Waals surface area contributed by atoms with Gasteiger partial charge < -0.3 is 20.1 Å². The molecule has 0 aromatic heterocycles. The van der Waals surface area contributed by atoms with Crippen LogP contribution in [-0.4, -0.2) is 42.3 Å². The van der Waals surface area contributed by atoms with Gasteiger partial charge in [0, 0.05) is 19.0 Å². The molecule has 0 bridgehead atoms. The van der Waals surface area contributed by atoms with Gasteiger partial charge in [0.25, 0.3) is 0 Å². The van der Waals surface area contributed by atoms with Crippen molar-refractivity contribution < 1.29 is 29.1 Å². The molecule has 0 rings (SSSR count). The Labute approximate surface area is 109 Å². The highest BCUT2D eigenvalue weighted by Crippen LogP contribution is 1.91. The summed E-state index contributed by atoms with van der Waals surface area (Å²) < 4.78 is 0. The highest BCUT2D eigenvalue weighted by molar-refractivity contribution is 5.91. The number of amides is 1. The van der Waals surface area contributed by atoms with Gasteiger partial charge in [-0.05, 0) is 12.5 Å². The summed E-state index contributed by atoms with van der Waals surface area (Å²) in [5, 5.41) is 11.5. The minimum atomic E-state index is -1.11. The first kappa shape index (κ1) is 16.9. The Bertz CT molecular complexity index is 342. The predicted molar refractivity (Wildman–Crippen MR) is 63.4 cm³/mol. The number of aliphatic hydroxyl groups is 1. The molecular weight excluding hydrogens is 256 g/mol. The summed E-state index contributed by atoms with van der Waals surface area (Å²) >= 11 is 0. The largest absolute Gasteiger partial charge is 0.375 e. The van der Waals surface area contributed by atoms with Crippen molar-refractivity contribution in [2.45, 2.75) is 25.5 Å². The third kappa shape index (κ3) is 10.8. The van der Waals surface area contributed by atoms with E-state index in [1.807, 2.05) is 0 Å². The maximum Gasteiger partial charge on any atom is 0.326 e. The molecule has 0 aliphatic rings. The van der Waals surface area contributed by atoms with Crippen molar-refractivity contribution in [1.29, 1.82) is 0 Å². The number of carbonyl (C=O) groups excluding carboxylic acids is 4. The number of carbonyl (C=O) groups is 4. The van der Waals surface area contributed by atoms with E-state index in [2.05, 4.69) is 15.6 Å². The molecule has 0 radical (unpaired) electrons. The van der Waals surface area contributed by atoms with Gasteiger partial charge in [0.15, 0.2) is 0 Å². The van der Waals surface area contributed by atoms with Crippen LogP contribution in [-0.2, 0) is 24.0 Å². The van der Waals surface area contributed by atoms with Gasteiger partial charge >= 0.3 is 5.97 Å². The van der Waals surface area contributed by atoms with Crippen LogP contribution in [0.3, 0.4) is 0 Å². The van der Waals surface area contributed by atoms with Crippen molar-refractivity contribution in [3.8, 4) is 0 Å². The number of hydroxylamine groups is 1. The van der Waals surface area contributed by atoms with Crippen molar-refractivity contribution in [2.24, 2.45) is 0 Å². The highest BCUT2D eigenvalue weighted by atomic mass is 16.7. The van der Waals surface area contributed by atoms with Crippen LogP contribution in [0.15, 0.2) is 12.2 Å². The summed E-state index contributed by atoms with van der Waals surface area (Å²) in [4.78, 5) is 46.5. The molecule has 0 fully saturated rings. The van der Waals surface area contributed by atoms with Gasteiger partial charge in [0.2, 0.25) is 5.91 Å². The topological polar surface area (TPSA) is 122 Å². The molecule has 8 nitrogen and oxygen atoms in total. The van der Waals surface area contributed by atoms with E-state index >= 15 is 0 Å². The van der Waals surface area contributed by atoms with E-state index in [0.29, 0.717) is 12.6 Å². The average Bonchev–Trinajstić information content (AvgIpc) is 2.40. The van der Waals surface area contributed by atoms with Crippen LogP contribution in [0.2, 0.25) is 0 Å². The second-order valence-electron chi connectivity index (χ2n) is 3.39. The number of allylic oxidation sites excluding steroid dienone is 1. The van der Waals surface area contributed by atoms with Crippen molar-refractivity contribution in [3.63, 3.8) is 0 Å². The summed E-state index contributed by atoms with van der Waals surface area (Å²) in [5.74, 6) is -1.18. The maximum atomic E-state index is 11.1. The Morgan fingerprint density at radius 3 is 2.68 bits per heavy atom. The fraction of sp³-hybridized carbons (Fsp3) is 0.455. The molecule has 1 atom stereocenters. The third-order valence-electron chi connectivity index (χ3n) is 1.82. The van der Waals surface area contributed by atoms with Gasteiger partial charge in [-0.15, -0.1) is 5.48 Å². The minimum Gasteiger partial charge on any atom is -0.375 e. The second-order valence-corrected chi connectivity index (χ2v) is 3.39. The van der Waals surface area contributed by atoms with Crippen LogP contribution >= 0.6 is 0 Å². The summed E-state index contributed by atoms with van der Waals surface area (Å²) in [6.07, 6.45) is 2.20. The van der Waals surface area contributed by atoms with Crippen molar-refractivity contribution in [3.05, 3.63) is 12.2 Å². The summed E-state index contributed by atoms with van der Waals surface area (Å²) in [6.45, 7) is 0.0347.